The molecule has 0 amide bonds. The van der Waals surface area contributed by atoms with Crippen LogP contribution in [0.15, 0.2) is 34.2 Å². The molecule has 1 heterocycles. The lowest BCUT2D eigenvalue weighted by Gasteiger charge is -2.24. The third-order valence-corrected chi connectivity index (χ3v) is 6.33. The predicted molar refractivity (Wildman–Crippen MR) is 104 cm³/mol. The fourth-order valence-electron chi connectivity index (χ4n) is 2.84. The largest absolute Gasteiger partial charge is 0.373 e. The molecular weight excluding hydrogens is 352 g/mol. The van der Waals surface area contributed by atoms with E-state index in [-0.39, 0.29) is 17.0 Å². The summed E-state index contributed by atoms with van der Waals surface area (Å²) in [7, 11) is -0.438. The highest BCUT2D eigenvalue weighted by molar-refractivity contribution is 7.89. The highest BCUT2D eigenvalue weighted by atomic mass is 32.2. The molecule has 0 saturated carbocycles. The number of rotatable bonds is 7. The van der Waals surface area contributed by atoms with Crippen molar-refractivity contribution in [1.29, 1.82) is 0 Å². The number of nitrogens with one attached hydrogen (secondary N) is 2. The minimum absolute atomic E-state index is 0.178. The molecule has 0 bridgehead atoms. The molecule has 0 radical (unpaired) electrons. The first-order valence-corrected chi connectivity index (χ1v) is 10.4. The lowest BCUT2D eigenvalue weighted by Crippen LogP contribution is -2.45. The van der Waals surface area contributed by atoms with Gasteiger partial charge in [-0.1, -0.05) is 18.2 Å². The number of ether oxygens (including phenoxy) is 1. The Hall–Kier alpha value is -1.64. The van der Waals surface area contributed by atoms with Crippen LogP contribution in [0.3, 0.4) is 0 Å². The summed E-state index contributed by atoms with van der Waals surface area (Å²) in [6.45, 7) is 6.54. The van der Waals surface area contributed by atoms with Crippen molar-refractivity contribution in [3.05, 3.63) is 29.8 Å². The third-order valence-electron chi connectivity index (χ3n) is 4.41. The van der Waals surface area contributed by atoms with E-state index in [1.165, 1.54) is 18.4 Å². The van der Waals surface area contributed by atoms with Crippen molar-refractivity contribution in [2.45, 2.75) is 43.7 Å². The zero-order chi connectivity index (χ0) is 19.2. The van der Waals surface area contributed by atoms with Gasteiger partial charge in [0.15, 0.2) is 5.96 Å². The number of sulfonamides is 1. The van der Waals surface area contributed by atoms with E-state index in [9.17, 15) is 8.42 Å². The van der Waals surface area contributed by atoms with Gasteiger partial charge >= 0.3 is 0 Å². The van der Waals surface area contributed by atoms with Crippen molar-refractivity contribution in [3.63, 3.8) is 0 Å². The van der Waals surface area contributed by atoms with E-state index in [1.54, 1.807) is 18.2 Å². The van der Waals surface area contributed by atoms with Crippen molar-refractivity contribution in [1.82, 2.24) is 14.9 Å². The van der Waals surface area contributed by atoms with Crippen molar-refractivity contribution in [2.75, 3.05) is 33.8 Å². The molecule has 26 heavy (non-hydrogen) atoms. The van der Waals surface area contributed by atoms with Crippen LogP contribution in [0.5, 0.6) is 0 Å². The van der Waals surface area contributed by atoms with Crippen LogP contribution >= 0.6 is 0 Å². The molecule has 1 fully saturated rings. The molecule has 1 aromatic rings. The first kappa shape index (κ1) is 20.7. The minimum Gasteiger partial charge on any atom is -0.373 e. The summed E-state index contributed by atoms with van der Waals surface area (Å²) in [6, 6.07) is 6.97. The summed E-state index contributed by atoms with van der Waals surface area (Å²) >= 11 is 0. The number of hydrogen-bond donors (Lipinski definition) is 2. The fraction of sp³-hybridized carbons (Fsp3) is 0.611. The molecule has 0 spiro atoms. The van der Waals surface area contributed by atoms with Gasteiger partial charge in [0.05, 0.1) is 17.0 Å². The molecule has 2 N–H and O–H groups in total. The van der Waals surface area contributed by atoms with Gasteiger partial charge in [0.1, 0.15) is 0 Å². The molecule has 8 heteroatoms. The number of guanidine groups is 1. The van der Waals surface area contributed by atoms with Gasteiger partial charge in [-0.05, 0) is 38.3 Å². The molecule has 7 nitrogen and oxygen atoms in total. The predicted octanol–water partition coefficient (Wildman–Crippen LogP) is 1.56. The Bertz CT molecular complexity index is 726. The van der Waals surface area contributed by atoms with Crippen molar-refractivity contribution >= 4 is 16.0 Å². The molecular formula is C18H30N4O3S. The van der Waals surface area contributed by atoms with E-state index >= 15 is 0 Å². The topological polar surface area (TPSA) is 83.0 Å². The lowest BCUT2D eigenvalue weighted by molar-refractivity contribution is 0.0243. The Morgan fingerprint density at radius 1 is 1.31 bits per heavy atom. The summed E-state index contributed by atoms with van der Waals surface area (Å²) in [6.07, 6.45) is 2.09. The summed E-state index contributed by atoms with van der Waals surface area (Å²) < 4.78 is 32.0. The maximum atomic E-state index is 12.5. The van der Waals surface area contributed by atoms with E-state index in [0.717, 1.165) is 26.0 Å². The fourth-order valence-corrected chi connectivity index (χ4v) is 3.94. The van der Waals surface area contributed by atoms with E-state index in [1.807, 2.05) is 13.0 Å². The van der Waals surface area contributed by atoms with Gasteiger partial charge in [-0.2, -0.15) is 0 Å². The molecule has 1 aliphatic rings. The third kappa shape index (κ3) is 5.18. The van der Waals surface area contributed by atoms with Crippen molar-refractivity contribution in [3.8, 4) is 0 Å². The van der Waals surface area contributed by atoms with E-state index < -0.39 is 10.0 Å². The first-order valence-electron chi connectivity index (χ1n) is 8.95. The Balaban J connectivity index is 2.14. The molecule has 1 saturated heterocycles. The summed E-state index contributed by atoms with van der Waals surface area (Å²) in [4.78, 5) is 4.85. The van der Waals surface area contributed by atoms with Gasteiger partial charge in [-0.15, -0.1) is 0 Å². The Labute approximate surface area is 156 Å². The molecule has 146 valence electrons. The first-order chi connectivity index (χ1) is 12.3. The monoisotopic (exact) mass is 382 g/mol. The molecule has 1 unspecified atom stereocenters. The van der Waals surface area contributed by atoms with Gasteiger partial charge < -0.3 is 15.4 Å². The lowest BCUT2D eigenvalue weighted by atomic mass is 10.0. The smallest absolute Gasteiger partial charge is 0.242 e. The number of aliphatic imine (C=N–C) groups is 1. The number of benzene rings is 1. The van der Waals surface area contributed by atoms with Gasteiger partial charge in [-0.25, -0.2) is 17.7 Å². The Morgan fingerprint density at radius 3 is 2.65 bits per heavy atom. The molecule has 2 rings (SSSR count). The van der Waals surface area contributed by atoms with Crippen LogP contribution in [-0.2, 0) is 21.3 Å². The second kappa shape index (κ2) is 8.83. The zero-order valence-electron chi connectivity index (χ0n) is 16.1. The van der Waals surface area contributed by atoms with Crippen LogP contribution < -0.4 is 10.6 Å². The van der Waals surface area contributed by atoms with Crippen LogP contribution in [0.25, 0.3) is 0 Å². The Morgan fingerprint density at radius 2 is 2.04 bits per heavy atom. The normalized spacial score (nSPS) is 21.2. The summed E-state index contributed by atoms with van der Waals surface area (Å²) in [5, 5.41) is 6.51. The molecule has 1 aliphatic heterocycles. The van der Waals surface area contributed by atoms with Crippen LogP contribution in [0.2, 0.25) is 0 Å². The average molecular weight is 383 g/mol. The average Bonchev–Trinajstić information content (AvgIpc) is 3.04. The quantitative estimate of drug-likeness (QED) is 0.552. The maximum Gasteiger partial charge on any atom is 0.242 e. The summed E-state index contributed by atoms with van der Waals surface area (Å²) in [5.74, 6) is 0.654. The number of nitrogens with zero attached hydrogens (tertiary/aromatic N) is 2. The van der Waals surface area contributed by atoms with E-state index in [0.29, 0.717) is 18.1 Å². The van der Waals surface area contributed by atoms with E-state index in [2.05, 4.69) is 22.5 Å². The van der Waals surface area contributed by atoms with Gasteiger partial charge in [0, 0.05) is 33.8 Å². The van der Waals surface area contributed by atoms with Crippen molar-refractivity contribution in [2.24, 2.45) is 4.99 Å². The van der Waals surface area contributed by atoms with Gasteiger partial charge in [-0.3, -0.25) is 0 Å². The van der Waals surface area contributed by atoms with Crippen molar-refractivity contribution < 1.29 is 13.2 Å². The molecule has 0 aliphatic carbocycles. The van der Waals surface area contributed by atoms with E-state index in [4.69, 9.17) is 4.74 Å². The molecule has 0 aromatic heterocycles. The zero-order valence-corrected chi connectivity index (χ0v) is 16.9. The Kier molecular flexibility index (Phi) is 7.02. The van der Waals surface area contributed by atoms with Crippen LogP contribution in [0.1, 0.15) is 32.3 Å². The van der Waals surface area contributed by atoms with Gasteiger partial charge in [0.25, 0.3) is 0 Å². The highest BCUT2D eigenvalue weighted by Gasteiger charge is 2.29. The van der Waals surface area contributed by atoms with Crippen LogP contribution in [0.4, 0.5) is 0 Å². The number of hydrogen-bond acceptors (Lipinski definition) is 4. The summed E-state index contributed by atoms with van der Waals surface area (Å²) in [5.41, 5.74) is 0.490. The van der Waals surface area contributed by atoms with Crippen LogP contribution in [0, 0.1) is 0 Å². The maximum absolute atomic E-state index is 12.5. The second-order valence-corrected chi connectivity index (χ2v) is 8.97. The minimum atomic E-state index is -3.50. The highest BCUT2D eigenvalue weighted by Crippen LogP contribution is 2.24. The molecule has 1 atom stereocenters. The van der Waals surface area contributed by atoms with Gasteiger partial charge in [0.2, 0.25) is 10.0 Å². The molecule has 1 aromatic carbocycles. The standard InChI is InChI=1S/C18H30N4O3S/c1-5-19-17(21-14-18(2)11-8-12-25-18)20-13-15-9-6-7-10-16(15)26(23,24)22(3)4/h6-7,9-10H,5,8,11-14H2,1-4H3,(H2,19,20,21). The SMILES string of the molecule is CCNC(=NCc1ccccc1S(=O)(=O)N(C)C)NCC1(C)CCCO1. The second-order valence-electron chi connectivity index (χ2n) is 6.85. The van der Waals surface area contributed by atoms with Crippen LogP contribution in [-0.4, -0.2) is 58.1 Å².